The van der Waals surface area contributed by atoms with Crippen molar-refractivity contribution < 1.29 is 9.90 Å². The second-order valence-corrected chi connectivity index (χ2v) is 6.89. The van der Waals surface area contributed by atoms with E-state index < -0.39 is 5.60 Å². The summed E-state index contributed by atoms with van der Waals surface area (Å²) in [5.41, 5.74) is 2.00. The highest BCUT2D eigenvalue weighted by Gasteiger charge is 2.16. The van der Waals surface area contributed by atoms with Crippen LogP contribution in [0.5, 0.6) is 0 Å². The van der Waals surface area contributed by atoms with E-state index in [9.17, 15) is 9.90 Å². The molecule has 2 aromatic rings. The quantitative estimate of drug-likeness (QED) is 0.820. The van der Waals surface area contributed by atoms with Crippen molar-refractivity contribution in [1.82, 2.24) is 15.1 Å². The second-order valence-electron chi connectivity index (χ2n) is 6.89. The summed E-state index contributed by atoms with van der Waals surface area (Å²) in [5, 5.41) is 17.1. The highest BCUT2D eigenvalue weighted by atomic mass is 16.3. The SMILES string of the molecule is CC[C@H](NC(=O)c1cccc(CCC(C)(C)O)c1)c1cnn(C)c1. The first-order valence-corrected chi connectivity index (χ1v) is 8.39. The molecule has 0 aliphatic carbocycles. The van der Waals surface area contributed by atoms with Crippen LogP contribution in [0.3, 0.4) is 0 Å². The lowest BCUT2D eigenvalue weighted by Gasteiger charge is -2.17. The van der Waals surface area contributed by atoms with Crippen molar-refractivity contribution in [3.63, 3.8) is 0 Å². The van der Waals surface area contributed by atoms with Gasteiger partial charge in [-0.1, -0.05) is 19.1 Å². The Morgan fingerprint density at radius 3 is 2.75 bits per heavy atom. The van der Waals surface area contributed by atoms with Crippen LogP contribution in [0.1, 0.15) is 61.1 Å². The molecule has 0 unspecified atom stereocenters. The Bertz CT molecular complexity index is 686. The van der Waals surface area contributed by atoms with Crippen LogP contribution >= 0.6 is 0 Å². The molecule has 1 heterocycles. The highest BCUT2D eigenvalue weighted by Crippen LogP contribution is 2.18. The number of hydrogen-bond acceptors (Lipinski definition) is 3. The third-order valence-corrected chi connectivity index (χ3v) is 4.06. The molecular formula is C19H27N3O2. The first-order chi connectivity index (χ1) is 11.3. The van der Waals surface area contributed by atoms with E-state index in [1.807, 2.05) is 44.4 Å². The summed E-state index contributed by atoms with van der Waals surface area (Å²) in [6.45, 7) is 5.63. The molecule has 5 nitrogen and oxygen atoms in total. The molecule has 0 spiro atoms. The number of benzene rings is 1. The van der Waals surface area contributed by atoms with E-state index in [0.29, 0.717) is 12.0 Å². The molecule has 130 valence electrons. The standard InChI is InChI=1S/C19H27N3O2/c1-5-17(16-12-20-22(4)13-16)21-18(23)15-8-6-7-14(11-15)9-10-19(2,3)24/h6-8,11-13,17,24H,5,9-10H2,1-4H3,(H,21,23)/t17-/m0/s1. The molecule has 0 saturated heterocycles. The predicted octanol–water partition coefficient (Wildman–Crippen LogP) is 3.00. The van der Waals surface area contributed by atoms with Crippen LogP contribution < -0.4 is 5.32 Å². The van der Waals surface area contributed by atoms with Gasteiger partial charge in [0.2, 0.25) is 0 Å². The maximum absolute atomic E-state index is 12.6. The van der Waals surface area contributed by atoms with Gasteiger partial charge >= 0.3 is 0 Å². The van der Waals surface area contributed by atoms with Crippen LogP contribution in [0.2, 0.25) is 0 Å². The number of amides is 1. The predicted molar refractivity (Wildman–Crippen MR) is 94.8 cm³/mol. The summed E-state index contributed by atoms with van der Waals surface area (Å²) in [6, 6.07) is 7.54. The summed E-state index contributed by atoms with van der Waals surface area (Å²) >= 11 is 0. The van der Waals surface area contributed by atoms with Gasteiger partial charge in [0.25, 0.3) is 5.91 Å². The topological polar surface area (TPSA) is 67.2 Å². The largest absolute Gasteiger partial charge is 0.390 e. The van der Waals surface area contributed by atoms with Crippen LogP contribution in [-0.4, -0.2) is 26.4 Å². The van der Waals surface area contributed by atoms with E-state index in [0.717, 1.165) is 24.0 Å². The molecule has 0 saturated carbocycles. The number of hydrogen-bond donors (Lipinski definition) is 2. The van der Waals surface area contributed by atoms with Gasteiger partial charge in [0.1, 0.15) is 0 Å². The number of aliphatic hydroxyl groups is 1. The molecule has 0 bridgehead atoms. The first-order valence-electron chi connectivity index (χ1n) is 8.39. The van der Waals surface area contributed by atoms with Crippen LogP contribution in [0.25, 0.3) is 0 Å². The number of rotatable bonds is 7. The van der Waals surface area contributed by atoms with Crippen LogP contribution in [0.15, 0.2) is 36.7 Å². The van der Waals surface area contributed by atoms with E-state index in [-0.39, 0.29) is 11.9 Å². The fraction of sp³-hybridized carbons (Fsp3) is 0.474. The van der Waals surface area contributed by atoms with Crippen LogP contribution in [0, 0.1) is 0 Å². The van der Waals surface area contributed by atoms with Gasteiger partial charge in [-0.2, -0.15) is 5.10 Å². The van der Waals surface area contributed by atoms with Gasteiger partial charge in [0, 0.05) is 24.4 Å². The summed E-state index contributed by atoms with van der Waals surface area (Å²) in [7, 11) is 1.87. The minimum Gasteiger partial charge on any atom is -0.390 e. The molecule has 2 rings (SSSR count). The number of aromatic nitrogens is 2. The monoisotopic (exact) mass is 329 g/mol. The lowest BCUT2D eigenvalue weighted by Crippen LogP contribution is -2.28. The zero-order valence-electron chi connectivity index (χ0n) is 14.9. The molecule has 1 atom stereocenters. The van der Waals surface area contributed by atoms with Crippen molar-refractivity contribution in [3.8, 4) is 0 Å². The van der Waals surface area contributed by atoms with Crippen molar-refractivity contribution in [1.29, 1.82) is 0 Å². The van der Waals surface area contributed by atoms with Gasteiger partial charge in [-0.25, -0.2) is 0 Å². The minimum atomic E-state index is -0.703. The smallest absolute Gasteiger partial charge is 0.251 e. The molecule has 1 aromatic heterocycles. The highest BCUT2D eigenvalue weighted by molar-refractivity contribution is 5.94. The fourth-order valence-electron chi connectivity index (χ4n) is 2.60. The lowest BCUT2D eigenvalue weighted by molar-refractivity contribution is 0.0714. The van der Waals surface area contributed by atoms with E-state index in [1.54, 1.807) is 24.7 Å². The number of nitrogens with one attached hydrogen (secondary N) is 1. The maximum atomic E-state index is 12.6. The second kappa shape index (κ2) is 7.62. The molecule has 0 fully saturated rings. The first kappa shape index (κ1) is 18.2. The molecule has 1 amide bonds. The van der Waals surface area contributed by atoms with E-state index >= 15 is 0 Å². The molecule has 5 heteroatoms. The average Bonchev–Trinajstić information content (AvgIpc) is 2.96. The van der Waals surface area contributed by atoms with Gasteiger partial charge < -0.3 is 10.4 Å². The Morgan fingerprint density at radius 1 is 1.42 bits per heavy atom. The van der Waals surface area contributed by atoms with Crippen molar-refractivity contribution in [3.05, 3.63) is 53.3 Å². The number of aryl methyl sites for hydroxylation is 2. The molecule has 2 N–H and O–H groups in total. The van der Waals surface area contributed by atoms with Gasteiger partial charge in [0.05, 0.1) is 17.8 Å². The summed E-state index contributed by atoms with van der Waals surface area (Å²) in [6.07, 6.45) is 5.91. The summed E-state index contributed by atoms with van der Waals surface area (Å²) in [5.74, 6) is -0.0872. The Kier molecular flexibility index (Phi) is 5.78. The van der Waals surface area contributed by atoms with Crippen molar-refractivity contribution >= 4 is 5.91 Å². The van der Waals surface area contributed by atoms with E-state index in [4.69, 9.17) is 0 Å². The average molecular weight is 329 g/mol. The van der Waals surface area contributed by atoms with Crippen LogP contribution in [0.4, 0.5) is 0 Å². The van der Waals surface area contributed by atoms with Gasteiger partial charge in [-0.05, 0) is 50.8 Å². The molecule has 0 radical (unpaired) electrons. The number of nitrogens with zero attached hydrogens (tertiary/aromatic N) is 2. The number of carbonyl (C=O) groups excluding carboxylic acids is 1. The van der Waals surface area contributed by atoms with Crippen molar-refractivity contribution in [2.75, 3.05) is 0 Å². The summed E-state index contributed by atoms with van der Waals surface area (Å²) < 4.78 is 1.74. The van der Waals surface area contributed by atoms with Gasteiger partial charge in [0.15, 0.2) is 0 Å². The third-order valence-electron chi connectivity index (χ3n) is 4.06. The Hall–Kier alpha value is -2.14. The Labute approximate surface area is 143 Å². The third kappa shape index (κ3) is 5.20. The molecule has 24 heavy (non-hydrogen) atoms. The van der Waals surface area contributed by atoms with Gasteiger partial charge in [-0.3, -0.25) is 9.48 Å². The fourth-order valence-corrected chi connectivity index (χ4v) is 2.60. The Balaban J connectivity index is 2.06. The Morgan fingerprint density at radius 2 is 2.17 bits per heavy atom. The van der Waals surface area contributed by atoms with Crippen LogP contribution in [-0.2, 0) is 13.5 Å². The van der Waals surface area contributed by atoms with E-state index in [2.05, 4.69) is 10.4 Å². The van der Waals surface area contributed by atoms with E-state index in [1.165, 1.54) is 0 Å². The normalized spacial score (nSPS) is 12.9. The van der Waals surface area contributed by atoms with Crippen molar-refractivity contribution in [2.45, 2.75) is 51.7 Å². The molecule has 0 aliphatic rings. The van der Waals surface area contributed by atoms with Gasteiger partial charge in [-0.15, -0.1) is 0 Å². The lowest BCUT2D eigenvalue weighted by atomic mass is 9.97. The van der Waals surface area contributed by atoms with Crippen molar-refractivity contribution in [2.24, 2.45) is 7.05 Å². The minimum absolute atomic E-state index is 0.0498. The zero-order valence-corrected chi connectivity index (χ0v) is 14.9. The number of carbonyl (C=O) groups is 1. The molecule has 0 aliphatic heterocycles. The summed E-state index contributed by atoms with van der Waals surface area (Å²) in [4.78, 5) is 12.6. The zero-order chi connectivity index (χ0) is 17.7. The molecular weight excluding hydrogens is 302 g/mol. The molecule has 1 aromatic carbocycles. The maximum Gasteiger partial charge on any atom is 0.251 e.